The number of rotatable bonds is 7. The van der Waals surface area contributed by atoms with Crippen molar-refractivity contribution in [2.24, 2.45) is 0 Å². The van der Waals surface area contributed by atoms with Gasteiger partial charge in [-0.2, -0.15) is 0 Å². The molecule has 1 heterocycles. The van der Waals surface area contributed by atoms with Gasteiger partial charge in [0.1, 0.15) is 0 Å². The molecule has 4 nitrogen and oxygen atoms in total. The Kier molecular flexibility index (Phi) is 5.50. The molecule has 0 radical (unpaired) electrons. The molecule has 0 saturated heterocycles. The lowest BCUT2D eigenvalue weighted by Crippen LogP contribution is -2.35. The summed E-state index contributed by atoms with van der Waals surface area (Å²) in [5.41, 5.74) is 2.19. The first-order valence-corrected chi connectivity index (χ1v) is 7.11. The van der Waals surface area contributed by atoms with Crippen LogP contribution >= 0.6 is 0 Å². The Morgan fingerprint density at radius 2 is 2.05 bits per heavy atom. The molecule has 2 N–H and O–H groups in total. The van der Waals surface area contributed by atoms with Gasteiger partial charge in [0, 0.05) is 18.1 Å². The summed E-state index contributed by atoms with van der Waals surface area (Å²) in [5.74, 6) is 0.0478. The third-order valence-corrected chi connectivity index (χ3v) is 3.15. The molecule has 2 rings (SSSR count). The molecule has 1 amide bonds. The maximum absolute atomic E-state index is 11.6. The molecule has 0 fully saturated rings. The van der Waals surface area contributed by atoms with E-state index in [2.05, 4.69) is 40.7 Å². The number of pyridine rings is 1. The zero-order valence-electron chi connectivity index (χ0n) is 11.9. The van der Waals surface area contributed by atoms with Gasteiger partial charge in [0.05, 0.1) is 12.1 Å². The number of fused-ring (bicyclic) bond motifs is 1. The van der Waals surface area contributed by atoms with E-state index in [1.165, 1.54) is 5.56 Å². The SMILES string of the molecule is CCCNCC(=O)NCCc1cccc2cccnc12. The van der Waals surface area contributed by atoms with Gasteiger partial charge in [0.25, 0.3) is 0 Å². The molecule has 1 aromatic carbocycles. The van der Waals surface area contributed by atoms with Crippen molar-refractivity contribution in [2.75, 3.05) is 19.6 Å². The summed E-state index contributed by atoms with van der Waals surface area (Å²) >= 11 is 0. The smallest absolute Gasteiger partial charge is 0.233 e. The summed E-state index contributed by atoms with van der Waals surface area (Å²) in [4.78, 5) is 16.0. The van der Waals surface area contributed by atoms with Gasteiger partial charge in [0.15, 0.2) is 0 Å². The molecule has 106 valence electrons. The standard InChI is InChI=1S/C16H21N3O/c1-2-9-17-12-15(20)18-11-8-14-6-3-5-13-7-4-10-19-16(13)14/h3-7,10,17H,2,8-9,11-12H2,1H3,(H,18,20). The summed E-state index contributed by atoms with van der Waals surface area (Å²) in [6.45, 7) is 3.99. The molecule has 0 aliphatic heterocycles. The van der Waals surface area contributed by atoms with Crippen LogP contribution in [-0.4, -0.2) is 30.5 Å². The number of para-hydroxylation sites is 1. The van der Waals surface area contributed by atoms with E-state index in [1.807, 2.05) is 12.1 Å². The van der Waals surface area contributed by atoms with E-state index < -0.39 is 0 Å². The quantitative estimate of drug-likeness (QED) is 0.756. The number of nitrogens with one attached hydrogen (secondary N) is 2. The van der Waals surface area contributed by atoms with Gasteiger partial charge in [0.2, 0.25) is 5.91 Å². The predicted molar refractivity (Wildman–Crippen MR) is 81.6 cm³/mol. The van der Waals surface area contributed by atoms with Gasteiger partial charge in [-0.1, -0.05) is 31.2 Å². The lowest BCUT2D eigenvalue weighted by atomic mass is 10.1. The van der Waals surface area contributed by atoms with E-state index in [0.29, 0.717) is 13.1 Å². The van der Waals surface area contributed by atoms with Crippen molar-refractivity contribution in [3.05, 3.63) is 42.1 Å². The minimum absolute atomic E-state index is 0.0478. The third-order valence-electron chi connectivity index (χ3n) is 3.15. The van der Waals surface area contributed by atoms with E-state index in [-0.39, 0.29) is 5.91 Å². The maximum Gasteiger partial charge on any atom is 0.233 e. The molecule has 0 unspecified atom stereocenters. The molecule has 2 aromatic rings. The van der Waals surface area contributed by atoms with Gasteiger partial charge in [-0.3, -0.25) is 9.78 Å². The molecule has 0 saturated carbocycles. The monoisotopic (exact) mass is 271 g/mol. The molecule has 0 atom stereocenters. The highest BCUT2D eigenvalue weighted by atomic mass is 16.1. The number of carbonyl (C=O) groups is 1. The average Bonchev–Trinajstić information content (AvgIpc) is 2.48. The van der Waals surface area contributed by atoms with E-state index >= 15 is 0 Å². The van der Waals surface area contributed by atoms with E-state index in [9.17, 15) is 4.79 Å². The minimum Gasteiger partial charge on any atom is -0.355 e. The molecule has 0 aliphatic rings. The van der Waals surface area contributed by atoms with Crippen LogP contribution in [0, 0.1) is 0 Å². The van der Waals surface area contributed by atoms with Crippen LogP contribution in [0.15, 0.2) is 36.5 Å². The van der Waals surface area contributed by atoms with Crippen molar-refractivity contribution in [3.8, 4) is 0 Å². The van der Waals surface area contributed by atoms with Gasteiger partial charge < -0.3 is 10.6 Å². The molecule has 1 aromatic heterocycles. The fourth-order valence-corrected chi connectivity index (χ4v) is 2.15. The molecular weight excluding hydrogens is 250 g/mol. The number of amides is 1. The molecule has 20 heavy (non-hydrogen) atoms. The number of benzene rings is 1. The van der Waals surface area contributed by atoms with Crippen molar-refractivity contribution >= 4 is 16.8 Å². The maximum atomic E-state index is 11.6. The van der Waals surface area contributed by atoms with Crippen LogP contribution in [0.1, 0.15) is 18.9 Å². The topological polar surface area (TPSA) is 54.0 Å². The Balaban J connectivity index is 1.85. The zero-order chi connectivity index (χ0) is 14.2. The van der Waals surface area contributed by atoms with Gasteiger partial charge >= 0.3 is 0 Å². The lowest BCUT2D eigenvalue weighted by molar-refractivity contribution is -0.120. The summed E-state index contributed by atoms with van der Waals surface area (Å²) in [5, 5.41) is 7.15. The first-order chi connectivity index (χ1) is 9.81. The number of hydrogen-bond acceptors (Lipinski definition) is 3. The number of nitrogens with zero attached hydrogens (tertiary/aromatic N) is 1. The van der Waals surface area contributed by atoms with Crippen molar-refractivity contribution < 1.29 is 4.79 Å². The Hall–Kier alpha value is -1.94. The molecule has 4 heteroatoms. The van der Waals surface area contributed by atoms with Crippen LogP contribution in [0.4, 0.5) is 0 Å². The lowest BCUT2D eigenvalue weighted by Gasteiger charge is -2.08. The van der Waals surface area contributed by atoms with Gasteiger partial charge in [-0.25, -0.2) is 0 Å². The first-order valence-electron chi connectivity index (χ1n) is 7.11. The highest BCUT2D eigenvalue weighted by molar-refractivity contribution is 5.81. The van der Waals surface area contributed by atoms with Crippen molar-refractivity contribution in [1.29, 1.82) is 0 Å². The second kappa shape index (κ2) is 7.60. The zero-order valence-corrected chi connectivity index (χ0v) is 11.9. The van der Waals surface area contributed by atoms with Crippen LogP contribution in [-0.2, 0) is 11.2 Å². The second-order valence-electron chi connectivity index (χ2n) is 4.77. The largest absolute Gasteiger partial charge is 0.355 e. The number of aromatic nitrogens is 1. The van der Waals surface area contributed by atoms with Crippen LogP contribution in [0.3, 0.4) is 0 Å². The Morgan fingerprint density at radius 3 is 2.90 bits per heavy atom. The highest BCUT2D eigenvalue weighted by Crippen LogP contribution is 2.15. The second-order valence-corrected chi connectivity index (χ2v) is 4.77. The first kappa shape index (κ1) is 14.5. The molecule has 0 aliphatic carbocycles. The van der Waals surface area contributed by atoms with Crippen LogP contribution in [0.25, 0.3) is 10.9 Å². The van der Waals surface area contributed by atoms with E-state index in [0.717, 1.165) is 30.3 Å². The Bertz CT molecular complexity index is 563. The predicted octanol–water partition coefficient (Wildman–Crippen LogP) is 1.89. The van der Waals surface area contributed by atoms with Crippen molar-refractivity contribution in [2.45, 2.75) is 19.8 Å². The van der Waals surface area contributed by atoms with Crippen molar-refractivity contribution in [1.82, 2.24) is 15.6 Å². The normalized spacial score (nSPS) is 10.7. The van der Waals surface area contributed by atoms with Gasteiger partial charge in [-0.05, 0) is 31.0 Å². The fourth-order valence-electron chi connectivity index (χ4n) is 2.15. The van der Waals surface area contributed by atoms with Crippen LogP contribution in [0.5, 0.6) is 0 Å². The molecule has 0 bridgehead atoms. The van der Waals surface area contributed by atoms with Crippen LogP contribution < -0.4 is 10.6 Å². The van der Waals surface area contributed by atoms with E-state index in [4.69, 9.17) is 0 Å². The summed E-state index contributed by atoms with van der Waals surface area (Å²) < 4.78 is 0. The number of hydrogen-bond donors (Lipinski definition) is 2. The number of carbonyl (C=O) groups excluding carboxylic acids is 1. The fraction of sp³-hybridized carbons (Fsp3) is 0.375. The summed E-state index contributed by atoms with van der Waals surface area (Å²) in [7, 11) is 0. The highest BCUT2D eigenvalue weighted by Gasteiger charge is 2.03. The third kappa shape index (κ3) is 4.03. The molecular formula is C16H21N3O. The Labute approximate surface area is 119 Å². The Morgan fingerprint density at radius 1 is 1.20 bits per heavy atom. The van der Waals surface area contributed by atoms with Crippen LogP contribution in [0.2, 0.25) is 0 Å². The molecule has 0 spiro atoms. The van der Waals surface area contributed by atoms with Gasteiger partial charge in [-0.15, -0.1) is 0 Å². The summed E-state index contributed by atoms with van der Waals surface area (Å²) in [6.07, 6.45) is 3.64. The summed E-state index contributed by atoms with van der Waals surface area (Å²) in [6, 6.07) is 10.1. The average molecular weight is 271 g/mol. The minimum atomic E-state index is 0.0478. The van der Waals surface area contributed by atoms with E-state index in [1.54, 1.807) is 6.20 Å². The van der Waals surface area contributed by atoms with Crippen molar-refractivity contribution in [3.63, 3.8) is 0 Å².